The molecule has 1 aliphatic carbocycles. The molecule has 1 amide bonds. The van der Waals surface area contributed by atoms with E-state index in [2.05, 4.69) is 5.32 Å². The predicted octanol–water partition coefficient (Wildman–Crippen LogP) is 2.84. The SMILES string of the molecule is O=C(NC1(C(=O)O)CC1c1ccccc1)c1ccc(F)c(F)c1F. The molecule has 0 bridgehead atoms. The number of carboxylic acid groups (broad SMARTS) is 1. The highest BCUT2D eigenvalue weighted by molar-refractivity contribution is 6.00. The monoisotopic (exact) mass is 335 g/mol. The number of hydrogen-bond donors (Lipinski definition) is 2. The van der Waals surface area contributed by atoms with Gasteiger partial charge in [-0.15, -0.1) is 0 Å². The topological polar surface area (TPSA) is 66.4 Å². The second kappa shape index (κ2) is 5.67. The van der Waals surface area contributed by atoms with E-state index in [9.17, 15) is 27.9 Å². The van der Waals surface area contributed by atoms with Gasteiger partial charge in [-0.2, -0.15) is 0 Å². The number of amides is 1. The van der Waals surface area contributed by atoms with Gasteiger partial charge in [0.1, 0.15) is 5.54 Å². The van der Waals surface area contributed by atoms with Crippen LogP contribution in [0.25, 0.3) is 0 Å². The Morgan fingerprint density at radius 2 is 1.71 bits per heavy atom. The zero-order valence-electron chi connectivity index (χ0n) is 12.2. The predicted molar refractivity (Wildman–Crippen MR) is 77.9 cm³/mol. The minimum Gasteiger partial charge on any atom is -0.479 e. The van der Waals surface area contributed by atoms with Gasteiger partial charge in [0.15, 0.2) is 17.5 Å². The maximum absolute atomic E-state index is 13.7. The van der Waals surface area contributed by atoms with E-state index in [-0.39, 0.29) is 6.42 Å². The second-order valence-corrected chi connectivity index (χ2v) is 5.62. The van der Waals surface area contributed by atoms with Crippen LogP contribution in [0.4, 0.5) is 13.2 Å². The summed E-state index contributed by atoms with van der Waals surface area (Å²) in [6.45, 7) is 0. The van der Waals surface area contributed by atoms with Crippen LogP contribution in [0, 0.1) is 17.5 Å². The van der Waals surface area contributed by atoms with Gasteiger partial charge in [0, 0.05) is 5.92 Å². The van der Waals surface area contributed by atoms with Crippen LogP contribution >= 0.6 is 0 Å². The van der Waals surface area contributed by atoms with Crippen LogP contribution in [-0.4, -0.2) is 22.5 Å². The van der Waals surface area contributed by atoms with Crippen LogP contribution in [0.5, 0.6) is 0 Å². The summed E-state index contributed by atoms with van der Waals surface area (Å²) < 4.78 is 39.9. The van der Waals surface area contributed by atoms with E-state index < -0.39 is 46.3 Å². The molecule has 0 aromatic heterocycles. The summed E-state index contributed by atoms with van der Waals surface area (Å²) in [5.41, 5.74) is -1.62. The van der Waals surface area contributed by atoms with Gasteiger partial charge in [0.25, 0.3) is 5.91 Å². The lowest BCUT2D eigenvalue weighted by molar-refractivity contribution is -0.140. The molecule has 24 heavy (non-hydrogen) atoms. The zero-order valence-corrected chi connectivity index (χ0v) is 12.2. The fourth-order valence-electron chi connectivity index (χ4n) is 2.75. The maximum Gasteiger partial charge on any atom is 0.330 e. The fraction of sp³-hybridized carbons (Fsp3) is 0.176. The normalized spacial score (nSPS) is 22.0. The van der Waals surface area contributed by atoms with Crippen LogP contribution in [0.2, 0.25) is 0 Å². The molecule has 2 N–H and O–H groups in total. The first-order valence-corrected chi connectivity index (χ1v) is 7.11. The average molecular weight is 335 g/mol. The minimum atomic E-state index is -1.78. The Morgan fingerprint density at radius 3 is 2.33 bits per heavy atom. The first-order valence-electron chi connectivity index (χ1n) is 7.11. The molecule has 0 aliphatic heterocycles. The van der Waals surface area contributed by atoms with E-state index in [4.69, 9.17) is 0 Å². The number of halogens is 3. The fourth-order valence-corrected chi connectivity index (χ4v) is 2.75. The molecule has 4 nitrogen and oxygen atoms in total. The van der Waals surface area contributed by atoms with Crippen LogP contribution in [0.15, 0.2) is 42.5 Å². The number of rotatable bonds is 4. The van der Waals surface area contributed by atoms with Crippen molar-refractivity contribution >= 4 is 11.9 Å². The summed E-state index contributed by atoms with van der Waals surface area (Å²) in [4.78, 5) is 23.8. The molecule has 0 heterocycles. The molecule has 3 rings (SSSR count). The molecular formula is C17H12F3NO3. The minimum absolute atomic E-state index is 0.128. The van der Waals surface area contributed by atoms with Gasteiger partial charge in [-0.1, -0.05) is 30.3 Å². The molecule has 2 aromatic rings. The van der Waals surface area contributed by atoms with Crippen LogP contribution in [0.3, 0.4) is 0 Å². The number of carbonyl (C=O) groups excluding carboxylic acids is 1. The number of aliphatic carboxylic acids is 1. The molecule has 124 valence electrons. The third kappa shape index (κ3) is 2.51. The summed E-state index contributed by atoms with van der Waals surface area (Å²) in [6.07, 6.45) is 0.128. The Balaban J connectivity index is 1.87. The Bertz CT molecular complexity index is 825. The van der Waals surface area contributed by atoms with Gasteiger partial charge >= 0.3 is 5.97 Å². The van der Waals surface area contributed by atoms with Crippen molar-refractivity contribution in [2.24, 2.45) is 0 Å². The van der Waals surface area contributed by atoms with Crippen molar-refractivity contribution in [2.75, 3.05) is 0 Å². The number of nitrogens with one attached hydrogen (secondary N) is 1. The van der Waals surface area contributed by atoms with Gasteiger partial charge in [0.05, 0.1) is 5.56 Å². The van der Waals surface area contributed by atoms with E-state index in [1.165, 1.54) is 0 Å². The van der Waals surface area contributed by atoms with Gasteiger partial charge in [-0.05, 0) is 24.1 Å². The van der Waals surface area contributed by atoms with Crippen molar-refractivity contribution in [2.45, 2.75) is 17.9 Å². The van der Waals surface area contributed by atoms with Crippen molar-refractivity contribution in [3.8, 4) is 0 Å². The van der Waals surface area contributed by atoms with E-state index >= 15 is 0 Å². The molecule has 0 radical (unpaired) electrons. The molecule has 0 spiro atoms. The van der Waals surface area contributed by atoms with E-state index in [1.54, 1.807) is 30.3 Å². The largest absolute Gasteiger partial charge is 0.479 e. The van der Waals surface area contributed by atoms with Crippen molar-refractivity contribution < 1.29 is 27.9 Å². The van der Waals surface area contributed by atoms with E-state index in [1.807, 2.05) is 0 Å². The second-order valence-electron chi connectivity index (χ2n) is 5.62. The van der Waals surface area contributed by atoms with Gasteiger partial charge in [-0.25, -0.2) is 18.0 Å². The van der Waals surface area contributed by atoms with E-state index in [0.29, 0.717) is 11.6 Å². The van der Waals surface area contributed by atoms with Crippen molar-refractivity contribution in [1.29, 1.82) is 0 Å². The maximum atomic E-state index is 13.7. The summed E-state index contributed by atoms with van der Waals surface area (Å²) in [6, 6.07) is 10.1. The lowest BCUT2D eigenvalue weighted by Gasteiger charge is -2.15. The molecule has 7 heteroatoms. The Morgan fingerprint density at radius 1 is 1.04 bits per heavy atom. The molecule has 1 aliphatic rings. The first-order chi connectivity index (χ1) is 11.4. The number of carbonyl (C=O) groups is 2. The average Bonchev–Trinajstić information content (AvgIpc) is 3.29. The van der Waals surface area contributed by atoms with Crippen molar-refractivity contribution in [1.82, 2.24) is 5.32 Å². The Labute approximate surface area is 134 Å². The molecular weight excluding hydrogens is 323 g/mol. The zero-order chi connectivity index (χ0) is 17.5. The van der Waals surface area contributed by atoms with E-state index in [0.717, 1.165) is 6.07 Å². The van der Waals surface area contributed by atoms with Crippen LogP contribution in [-0.2, 0) is 4.79 Å². The van der Waals surface area contributed by atoms with Gasteiger partial charge in [0.2, 0.25) is 0 Å². The Kier molecular flexibility index (Phi) is 3.79. The molecule has 0 saturated heterocycles. The lowest BCUT2D eigenvalue weighted by Crippen LogP contribution is -2.45. The quantitative estimate of drug-likeness (QED) is 0.845. The number of carboxylic acids is 1. The van der Waals surface area contributed by atoms with Crippen LogP contribution < -0.4 is 5.32 Å². The summed E-state index contributed by atoms with van der Waals surface area (Å²) >= 11 is 0. The van der Waals surface area contributed by atoms with Crippen molar-refractivity contribution in [3.63, 3.8) is 0 Å². The van der Waals surface area contributed by atoms with Crippen molar-refractivity contribution in [3.05, 3.63) is 71.0 Å². The van der Waals surface area contributed by atoms with Gasteiger partial charge < -0.3 is 10.4 Å². The Hall–Kier alpha value is -2.83. The first kappa shape index (κ1) is 16.0. The third-order valence-corrected chi connectivity index (χ3v) is 4.16. The van der Waals surface area contributed by atoms with Gasteiger partial charge in [-0.3, -0.25) is 4.79 Å². The highest BCUT2D eigenvalue weighted by atomic mass is 19.2. The summed E-state index contributed by atoms with van der Waals surface area (Å²) in [5.74, 6) is -7.70. The molecule has 2 unspecified atom stereocenters. The lowest BCUT2D eigenvalue weighted by atomic mass is 10.1. The molecule has 2 atom stereocenters. The number of hydrogen-bond acceptors (Lipinski definition) is 2. The molecule has 1 saturated carbocycles. The smallest absolute Gasteiger partial charge is 0.330 e. The molecule has 2 aromatic carbocycles. The summed E-state index contributed by atoms with van der Waals surface area (Å²) in [7, 11) is 0. The third-order valence-electron chi connectivity index (χ3n) is 4.16. The number of benzene rings is 2. The molecule has 1 fully saturated rings. The summed E-state index contributed by atoms with van der Waals surface area (Å²) in [5, 5.41) is 11.7. The van der Waals surface area contributed by atoms with Crippen LogP contribution in [0.1, 0.15) is 28.3 Å². The highest BCUT2D eigenvalue weighted by Crippen LogP contribution is 2.51. The standard InChI is InChI=1S/C17H12F3NO3/c18-12-7-6-10(13(19)14(12)20)15(22)21-17(16(23)24)8-11(17)9-4-2-1-3-5-9/h1-7,11H,8H2,(H,21,22)(H,23,24). The highest BCUT2D eigenvalue weighted by Gasteiger charge is 2.62.